The molecule has 3 heterocycles. The van der Waals surface area contributed by atoms with Crippen molar-refractivity contribution in [3.05, 3.63) is 47.8 Å². The number of rotatable bonds is 7. The Hall–Kier alpha value is -3.05. The summed E-state index contributed by atoms with van der Waals surface area (Å²) in [4.78, 5) is 17.3. The van der Waals surface area contributed by atoms with E-state index in [9.17, 15) is 22.7 Å². The first-order valence-electron chi connectivity index (χ1n) is 10.8. The number of alkyl halides is 1. The zero-order chi connectivity index (χ0) is 24.9. The van der Waals surface area contributed by atoms with Gasteiger partial charge in [0.1, 0.15) is 5.75 Å². The third-order valence-electron chi connectivity index (χ3n) is 5.31. The Balaban J connectivity index is 1.74. The van der Waals surface area contributed by atoms with Crippen molar-refractivity contribution in [3.63, 3.8) is 0 Å². The van der Waals surface area contributed by atoms with Crippen LogP contribution in [0.4, 0.5) is 4.39 Å². The summed E-state index contributed by atoms with van der Waals surface area (Å²) in [6.45, 7) is 6.27. The Bertz CT molecular complexity index is 1350. The maximum atomic E-state index is 13.3. The molecule has 0 bridgehead atoms. The van der Waals surface area contributed by atoms with Crippen molar-refractivity contribution in [2.24, 2.45) is 0 Å². The molecule has 34 heavy (non-hydrogen) atoms. The van der Waals surface area contributed by atoms with Gasteiger partial charge in [-0.15, -0.1) is 0 Å². The molecule has 2 aromatic heterocycles. The monoisotopic (exact) mass is 490 g/mol. The number of hydrogen-bond acceptors (Lipinski definition) is 7. The van der Waals surface area contributed by atoms with Crippen LogP contribution in [-0.4, -0.2) is 63.2 Å². The van der Waals surface area contributed by atoms with Gasteiger partial charge in [-0.2, -0.15) is 5.10 Å². The highest BCUT2D eigenvalue weighted by molar-refractivity contribution is 7.93. The van der Waals surface area contributed by atoms with Gasteiger partial charge < -0.3 is 15.2 Å². The summed E-state index contributed by atoms with van der Waals surface area (Å²) in [5, 5.41) is 18.4. The molecule has 1 aliphatic rings. The predicted molar refractivity (Wildman–Crippen MR) is 125 cm³/mol. The molecule has 0 saturated carbocycles. The van der Waals surface area contributed by atoms with Crippen molar-refractivity contribution in [1.82, 2.24) is 20.1 Å². The van der Waals surface area contributed by atoms with Gasteiger partial charge in [0.2, 0.25) is 6.36 Å². The number of hydrogen-bond donors (Lipinski definition) is 2. The molecule has 11 heteroatoms. The summed E-state index contributed by atoms with van der Waals surface area (Å²) in [6.07, 6.45) is 0.100. The maximum absolute atomic E-state index is 13.3. The first-order valence-corrected chi connectivity index (χ1v) is 12.6. The standard InChI is InChI=1S/C23H27FN4O5S/c1-14(24)33-17-7-5-6-16(9-17)28-20-18(19(27-28)10-22(2,3)30)8-15(11-25-20)21(29)26-23(4)12-34(31,32)13-23/h5-9,11,14,30H,10,12-13H2,1-4H3,(H,26,29). The molecule has 1 atom stereocenters. The zero-order valence-corrected chi connectivity index (χ0v) is 20.2. The average Bonchev–Trinajstić information content (AvgIpc) is 3.02. The summed E-state index contributed by atoms with van der Waals surface area (Å²) in [5.74, 6) is -0.348. The van der Waals surface area contributed by atoms with Gasteiger partial charge in [0.05, 0.1) is 39.6 Å². The lowest BCUT2D eigenvalue weighted by Crippen LogP contribution is -2.63. The normalized spacial score (nSPS) is 17.7. The topological polar surface area (TPSA) is 123 Å². The summed E-state index contributed by atoms with van der Waals surface area (Å²) in [6, 6.07) is 8.33. The Kier molecular flexibility index (Phi) is 5.89. The zero-order valence-electron chi connectivity index (χ0n) is 19.4. The van der Waals surface area contributed by atoms with Crippen LogP contribution in [0.1, 0.15) is 43.7 Å². The quantitative estimate of drug-likeness (QED) is 0.521. The van der Waals surface area contributed by atoms with E-state index < -0.39 is 33.2 Å². The molecule has 1 unspecified atom stereocenters. The van der Waals surface area contributed by atoms with Gasteiger partial charge in [-0.25, -0.2) is 22.5 Å². The number of carbonyl (C=O) groups excluding carboxylic acids is 1. The SMILES string of the molecule is CC(F)Oc1cccc(-n2nc(CC(C)(C)O)c3cc(C(=O)NC4(C)CS(=O)(=O)C4)cnc32)c1. The minimum Gasteiger partial charge on any atom is -0.461 e. The van der Waals surface area contributed by atoms with Crippen LogP contribution in [0.2, 0.25) is 0 Å². The van der Waals surface area contributed by atoms with E-state index >= 15 is 0 Å². The lowest BCUT2D eigenvalue weighted by Gasteiger charge is -2.38. The fraction of sp³-hybridized carbons (Fsp3) is 0.435. The minimum absolute atomic E-state index is 0.112. The molecule has 4 rings (SSSR count). The Morgan fingerprint density at radius 1 is 1.35 bits per heavy atom. The first kappa shape index (κ1) is 24.1. The number of nitrogens with zero attached hydrogens (tertiary/aromatic N) is 3. The van der Waals surface area contributed by atoms with Crippen LogP contribution in [0.25, 0.3) is 16.7 Å². The van der Waals surface area contributed by atoms with Gasteiger partial charge >= 0.3 is 0 Å². The average molecular weight is 491 g/mol. The maximum Gasteiger partial charge on any atom is 0.253 e. The second-order valence-electron chi connectivity index (χ2n) is 9.65. The lowest BCUT2D eigenvalue weighted by atomic mass is 10.0. The largest absolute Gasteiger partial charge is 0.461 e. The molecule has 1 aliphatic heterocycles. The van der Waals surface area contributed by atoms with E-state index in [4.69, 9.17) is 4.74 Å². The number of pyridine rings is 1. The number of fused-ring (bicyclic) bond motifs is 1. The van der Waals surface area contributed by atoms with E-state index in [2.05, 4.69) is 15.4 Å². The molecule has 1 aromatic carbocycles. The molecule has 1 amide bonds. The molecular weight excluding hydrogens is 463 g/mol. The number of sulfone groups is 1. The van der Waals surface area contributed by atoms with Crippen LogP contribution < -0.4 is 10.1 Å². The molecule has 0 spiro atoms. The van der Waals surface area contributed by atoms with Crippen LogP contribution in [-0.2, 0) is 16.3 Å². The van der Waals surface area contributed by atoms with Gasteiger partial charge in [0.25, 0.3) is 5.91 Å². The van der Waals surface area contributed by atoms with Crippen molar-refractivity contribution in [3.8, 4) is 11.4 Å². The second kappa shape index (κ2) is 8.31. The predicted octanol–water partition coefficient (Wildman–Crippen LogP) is 2.35. The Labute approximate surface area is 196 Å². The number of aliphatic hydroxyl groups is 1. The number of benzene rings is 1. The summed E-state index contributed by atoms with van der Waals surface area (Å²) >= 11 is 0. The van der Waals surface area contributed by atoms with E-state index in [1.165, 1.54) is 13.1 Å². The Morgan fingerprint density at radius 3 is 2.68 bits per heavy atom. The van der Waals surface area contributed by atoms with Crippen molar-refractivity contribution in [1.29, 1.82) is 0 Å². The van der Waals surface area contributed by atoms with Crippen LogP contribution in [0, 0.1) is 0 Å². The van der Waals surface area contributed by atoms with Gasteiger partial charge in [-0.1, -0.05) is 6.07 Å². The molecular formula is C23H27FN4O5S. The summed E-state index contributed by atoms with van der Waals surface area (Å²) in [5.41, 5.74) is -0.114. The summed E-state index contributed by atoms with van der Waals surface area (Å²) < 4.78 is 43.1. The number of aromatic nitrogens is 3. The third-order valence-corrected chi connectivity index (χ3v) is 7.47. The van der Waals surface area contributed by atoms with E-state index in [0.717, 1.165) is 0 Å². The summed E-state index contributed by atoms with van der Waals surface area (Å²) in [7, 11) is -3.12. The van der Waals surface area contributed by atoms with Crippen LogP contribution in [0.5, 0.6) is 5.75 Å². The highest BCUT2D eigenvalue weighted by Gasteiger charge is 2.45. The molecule has 9 nitrogen and oxygen atoms in total. The fourth-order valence-corrected chi connectivity index (χ4v) is 6.13. The molecule has 2 N–H and O–H groups in total. The van der Waals surface area contributed by atoms with E-state index in [0.29, 0.717) is 28.2 Å². The van der Waals surface area contributed by atoms with Crippen LogP contribution in [0.15, 0.2) is 36.5 Å². The first-order chi connectivity index (χ1) is 15.7. The van der Waals surface area contributed by atoms with E-state index in [1.807, 2.05) is 0 Å². The number of ether oxygens (including phenoxy) is 1. The van der Waals surface area contributed by atoms with E-state index in [-0.39, 0.29) is 23.5 Å². The molecule has 0 aliphatic carbocycles. The fourth-order valence-electron chi connectivity index (χ4n) is 4.13. The van der Waals surface area contributed by atoms with Crippen molar-refractivity contribution < 1.29 is 27.4 Å². The van der Waals surface area contributed by atoms with Gasteiger partial charge in [0.15, 0.2) is 15.5 Å². The molecule has 182 valence electrons. The Morgan fingerprint density at radius 2 is 2.06 bits per heavy atom. The van der Waals surface area contributed by atoms with Gasteiger partial charge in [0, 0.05) is 31.0 Å². The van der Waals surface area contributed by atoms with Crippen LogP contribution in [0.3, 0.4) is 0 Å². The molecule has 3 aromatic rings. The lowest BCUT2D eigenvalue weighted by molar-refractivity contribution is 0.0800. The van der Waals surface area contributed by atoms with Crippen molar-refractivity contribution in [2.75, 3.05) is 11.5 Å². The van der Waals surface area contributed by atoms with Gasteiger partial charge in [-0.3, -0.25) is 4.79 Å². The van der Waals surface area contributed by atoms with Gasteiger partial charge in [-0.05, 0) is 39.0 Å². The number of carbonyl (C=O) groups is 1. The highest BCUT2D eigenvalue weighted by Crippen LogP contribution is 2.28. The van der Waals surface area contributed by atoms with E-state index in [1.54, 1.807) is 55.8 Å². The minimum atomic E-state index is -3.12. The number of nitrogens with one attached hydrogen (secondary N) is 1. The molecule has 1 fully saturated rings. The highest BCUT2D eigenvalue weighted by atomic mass is 32.2. The smallest absolute Gasteiger partial charge is 0.253 e. The number of amides is 1. The van der Waals surface area contributed by atoms with Crippen LogP contribution >= 0.6 is 0 Å². The third kappa shape index (κ3) is 5.20. The van der Waals surface area contributed by atoms with Crippen molar-refractivity contribution >= 4 is 26.8 Å². The van der Waals surface area contributed by atoms with Crippen molar-refractivity contribution in [2.45, 2.75) is 51.6 Å². The second-order valence-corrected chi connectivity index (χ2v) is 11.7. The molecule has 0 radical (unpaired) electrons. The molecule has 1 saturated heterocycles. The number of halogens is 1.